The van der Waals surface area contributed by atoms with Crippen molar-refractivity contribution < 1.29 is 8.42 Å². The molecule has 0 aromatic carbocycles. The monoisotopic (exact) mass is 284 g/mol. The molecule has 0 radical (unpaired) electrons. The highest BCUT2D eigenvalue weighted by molar-refractivity contribution is 7.89. The van der Waals surface area contributed by atoms with Crippen molar-refractivity contribution in [1.82, 2.24) is 19.2 Å². The summed E-state index contributed by atoms with van der Waals surface area (Å²) in [6.07, 6.45) is 5.27. The Morgan fingerprint density at radius 3 is 3.05 bits per heavy atom. The van der Waals surface area contributed by atoms with Gasteiger partial charge in [-0.25, -0.2) is 13.4 Å². The van der Waals surface area contributed by atoms with Gasteiger partial charge in [-0.15, -0.1) is 0 Å². The summed E-state index contributed by atoms with van der Waals surface area (Å²) in [4.78, 5) is 4.06. The Morgan fingerprint density at radius 1 is 1.47 bits per heavy atom. The number of hydrogen-bond donors (Lipinski definition) is 1. The molecule has 2 aliphatic heterocycles. The fourth-order valence-corrected chi connectivity index (χ4v) is 4.75. The molecule has 3 heterocycles. The van der Waals surface area contributed by atoms with E-state index in [4.69, 9.17) is 0 Å². The van der Waals surface area contributed by atoms with E-state index in [1.165, 1.54) is 0 Å². The minimum Gasteiger partial charge on any atom is -0.336 e. The zero-order valence-electron chi connectivity index (χ0n) is 11.1. The molecule has 19 heavy (non-hydrogen) atoms. The van der Waals surface area contributed by atoms with Gasteiger partial charge in [0, 0.05) is 31.9 Å². The van der Waals surface area contributed by atoms with E-state index < -0.39 is 10.0 Å². The number of aryl methyl sites for hydroxylation is 1. The molecule has 0 saturated carbocycles. The van der Waals surface area contributed by atoms with Crippen molar-refractivity contribution in [2.24, 2.45) is 5.92 Å². The van der Waals surface area contributed by atoms with Crippen LogP contribution in [0.4, 0.5) is 0 Å². The summed E-state index contributed by atoms with van der Waals surface area (Å²) in [5.74, 6) is 0.455. The van der Waals surface area contributed by atoms with Crippen molar-refractivity contribution in [3.05, 3.63) is 12.5 Å². The lowest BCUT2D eigenvalue weighted by Crippen LogP contribution is -2.48. The van der Waals surface area contributed by atoms with Gasteiger partial charge in [0.15, 0.2) is 5.03 Å². The van der Waals surface area contributed by atoms with E-state index in [1.54, 1.807) is 21.4 Å². The molecule has 1 N–H and O–H groups in total. The van der Waals surface area contributed by atoms with Gasteiger partial charge in [0.1, 0.15) is 0 Å². The molecule has 1 aromatic rings. The molecule has 2 fully saturated rings. The van der Waals surface area contributed by atoms with Crippen LogP contribution in [0.1, 0.15) is 19.8 Å². The molecule has 1 aromatic heterocycles. The van der Waals surface area contributed by atoms with E-state index in [1.807, 2.05) is 6.92 Å². The van der Waals surface area contributed by atoms with Crippen molar-refractivity contribution in [2.45, 2.75) is 37.4 Å². The van der Waals surface area contributed by atoms with E-state index in [0.717, 1.165) is 32.5 Å². The number of sulfonamides is 1. The van der Waals surface area contributed by atoms with E-state index in [9.17, 15) is 8.42 Å². The molecular weight excluding hydrogens is 264 g/mol. The summed E-state index contributed by atoms with van der Waals surface area (Å²) in [6, 6.07) is 0.102. The molecule has 0 bridgehead atoms. The number of aromatic nitrogens is 2. The first-order valence-electron chi connectivity index (χ1n) is 6.87. The van der Waals surface area contributed by atoms with Gasteiger partial charge in [0.25, 0.3) is 10.0 Å². The maximum Gasteiger partial charge on any atom is 0.262 e. The minimum absolute atomic E-state index is 0.102. The van der Waals surface area contributed by atoms with Crippen LogP contribution in [0.3, 0.4) is 0 Å². The minimum atomic E-state index is -3.44. The molecule has 2 aliphatic rings. The summed E-state index contributed by atoms with van der Waals surface area (Å²) in [6.45, 7) is 5.01. The van der Waals surface area contributed by atoms with Gasteiger partial charge >= 0.3 is 0 Å². The Kier molecular flexibility index (Phi) is 3.36. The van der Waals surface area contributed by atoms with Crippen molar-refractivity contribution in [2.75, 3.05) is 19.6 Å². The van der Waals surface area contributed by atoms with Crippen molar-refractivity contribution in [3.8, 4) is 0 Å². The Hall–Kier alpha value is -0.920. The summed E-state index contributed by atoms with van der Waals surface area (Å²) < 4.78 is 28.8. The molecule has 0 aliphatic carbocycles. The quantitative estimate of drug-likeness (QED) is 0.865. The third-order valence-corrected chi connectivity index (χ3v) is 5.99. The van der Waals surface area contributed by atoms with Gasteiger partial charge < -0.3 is 9.88 Å². The summed E-state index contributed by atoms with van der Waals surface area (Å²) >= 11 is 0. The number of rotatable bonds is 3. The summed E-state index contributed by atoms with van der Waals surface area (Å²) in [7, 11) is -3.44. The number of piperidine rings is 1. The lowest BCUT2D eigenvalue weighted by Gasteiger charge is -2.35. The first kappa shape index (κ1) is 13.1. The SMILES string of the molecule is CCn1cnc(S(=O)(=O)N2CCCC3CNCC32)c1. The fourth-order valence-electron chi connectivity index (χ4n) is 3.09. The third-order valence-electron chi connectivity index (χ3n) is 4.18. The van der Waals surface area contributed by atoms with Crippen LogP contribution in [-0.4, -0.2) is 48.0 Å². The summed E-state index contributed by atoms with van der Waals surface area (Å²) in [5, 5.41) is 3.48. The molecule has 0 spiro atoms. The highest BCUT2D eigenvalue weighted by Gasteiger charge is 2.42. The first-order chi connectivity index (χ1) is 9.13. The van der Waals surface area contributed by atoms with Crippen LogP contribution < -0.4 is 5.32 Å². The predicted molar refractivity (Wildman–Crippen MR) is 71.2 cm³/mol. The lowest BCUT2D eigenvalue weighted by molar-refractivity contribution is 0.217. The molecule has 3 rings (SSSR count). The van der Waals surface area contributed by atoms with Gasteiger partial charge in [-0.05, 0) is 32.2 Å². The van der Waals surface area contributed by atoms with Crippen LogP contribution in [0.25, 0.3) is 0 Å². The van der Waals surface area contributed by atoms with Gasteiger partial charge in [-0.1, -0.05) is 0 Å². The molecule has 2 saturated heterocycles. The second-order valence-electron chi connectivity index (χ2n) is 5.29. The van der Waals surface area contributed by atoms with E-state index in [-0.39, 0.29) is 11.1 Å². The predicted octanol–water partition coefficient (Wildman–Crippen LogP) is 0.275. The zero-order valence-corrected chi connectivity index (χ0v) is 11.9. The molecule has 2 atom stereocenters. The van der Waals surface area contributed by atoms with Crippen molar-refractivity contribution in [3.63, 3.8) is 0 Å². The van der Waals surface area contributed by atoms with Crippen LogP contribution in [-0.2, 0) is 16.6 Å². The maximum atomic E-state index is 12.7. The number of nitrogens with zero attached hydrogens (tertiary/aromatic N) is 3. The smallest absolute Gasteiger partial charge is 0.262 e. The van der Waals surface area contributed by atoms with Gasteiger partial charge in [-0.3, -0.25) is 0 Å². The Balaban J connectivity index is 1.90. The number of hydrogen-bond acceptors (Lipinski definition) is 4. The number of imidazole rings is 1. The van der Waals surface area contributed by atoms with E-state index in [0.29, 0.717) is 12.5 Å². The highest BCUT2D eigenvalue weighted by Crippen LogP contribution is 2.30. The Labute approximate surface area is 113 Å². The largest absolute Gasteiger partial charge is 0.336 e. The highest BCUT2D eigenvalue weighted by atomic mass is 32.2. The number of nitrogens with one attached hydrogen (secondary N) is 1. The molecule has 106 valence electrons. The molecule has 2 unspecified atom stereocenters. The maximum absolute atomic E-state index is 12.7. The first-order valence-corrected chi connectivity index (χ1v) is 8.31. The molecule has 7 heteroatoms. The van der Waals surface area contributed by atoms with E-state index >= 15 is 0 Å². The Bertz CT molecular complexity index is 554. The Morgan fingerprint density at radius 2 is 2.32 bits per heavy atom. The van der Waals surface area contributed by atoms with Crippen LogP contribution in [0.5, 0.6) is 0 Å². The second kappa shape index (κ2) is 4.88. The van der Waals surface area contributed by atoms with Crippen LogP contribution >= 0.6 is 0 Å². The zero-order chi connectivity index (χ0) is 13.5. The number of fused-ring (bicyclic) bond motifs is 1. The van der Waals surface area contributed by atoms with Crippen molar-refractivity contribution in [1.29, 1.82) is 0 Å². The molecule has 6 nitrogen and oxygen atoms in total. The lowest BCUT2D eigenvalue weighted by atomic mass is 9.94. The average Bonchev–Trinajstić information content (AvgIpc) is 3.06. The van der Waals surface area contributed by atoms with Gasteiger partial charge in [0.2, 0.25) is 0 Å². The summed E-state index contributed by atoms with van der Waals surface area (Å²) in [5.41, 5.74) is 0. The second-order valence-corrected chi connectivity index (χ2v) is 7.12. The molecule has 0 amide bonds. The topological polar surface area (TPSA) is 67.2 Å². The average molecular weight is 284 g/mol. The standard InChI is InChI=1S/C12H20N4O2S/c1-2-15-8-12(14-9-15)19(17,18)16-5-3-4-10-6-13-7-11(10)16/h8-11,13H,2-7H2,1H3. The molecular formula is C12H20N4O2S. The van der Waals surface area contributed by atoms with Crippen LogP contribution in [0.15, 0.2) is 17.6 Å². The van der Waals surface area contributed by atoms with Gasteiger partial charge in [0.05, 0.1) is 6.33 Å². The third kappa shape index (κ3) is 2.19. The van der Waals surface area contributed by atoms with Crippen LogP contribution in [0.2, 0.25) is 0 Å². The normalized spacial score (nSPS) is 28.5. The fraction of sp³-hybridized carbons (Fsp3) is 0.750. The van der Waals surface area contributed by atoms with Crippen LogP contribution in [0, 0.1) is 5.92 Å². The van der Waals surface area contributed by atoms with Gasteiger partial charge in [-0.2, -0.15) is 4.31 Å². The van der Waals surface area contributed by atoms with E-state index in [2.05, 4.69) is 10.3 Å². The van der Waals surface area contributed by atoms with Crippen molar-refractivity contribution >= 4 is 10.0 Å².